The van der Waals surface area contributed by atoms with Gasteiger partial charge < -0.3 is 19.8 Å². The summed E-state index contributed by atoms with van der Waals surface area (Å²) in [5.74, 6) is -0.189. The number of hydrogen-bond acceptors (Lipinski definition) is 5. The minimum Gasteiger partial charge on any atom is -0.387 e. The van der Waals surface area contributed by atoms with Gasteiger partial charge in [0.15, 0.2) is 0 Å². The quantitative estimate of drug-likeness (QED) is 0.0243. The van der Waals surface area contributed by atoms with Gasteiger partial charge in [-0.05, 0) is 70.6 Å². The Morgan fingerprint density at radius 3 is 1.19 bits per heavy atom. The molecular weight excluding hydrogens is 852 g/mol. The number of nitrogens with zero attached hydrogens (tertiary/aromatic N) is 1. The Balaban J connectivity index is 4.15. The van der Waals surface area contributed by atoms with Crippen LogP contribution in [0, 0.1) is 0 Å². The SMILES string of the molecule is CCCCCCCC/C=C/CC/C=C/CC/C=C/C(O)C(COP(=O)(O)OCC[N+](C)(C)C)NC(=O)CCCCCCCCCCCCCCCCCCC/C=C\CCCCCCCCCC. The van der Waals surface area contributed by atoms with Crippen molar-refractivity contribution in [2.75, 3.05) is 40.9 Å². The predicted octanol–water partition coefficient (Wildman–Crippen LogP) is 17.2. The number of phosphoric acid groups is 1. The molecule has 0 fully saturated rings. The molecule has 8 nitrogen and oxygen atoms in total. The van der Waals surface area contributed by atoms with Crippen LogP contribution in [0.5, 0.6) is 0 Å². The summed E-state index contributed by atoms with van der Waals surface area (Å²) < 4.78 is 23.7. The summed E-state index contributed by atoms with van der Waals surface area (Å²) >= 11 is 0. The highest BCUT2D eigenvalue weighted by Gasteiger charge is 2.27. The van der Waals surface area contributed by atoms with Crippen molar-refractivity contribution in [2.45, 2.75) is 276 Å². The summed E-state index contributed by atoms with van der Waals surface area (Å²) in [6.07, 6.45) is 65.1. The maximum Gasteiger partial charge on any atom is 0.472 e. The van der Waals surface area contributed by atoms with Crippen molar-refractivity contribution in [3.05, 3.63) is 48.6 Å². The Kier molecular flexibility index (Phi) is 48.3. The van der Waals surface area contributed by atoms with Gasteiger partial charge in [-0.1, -0.05) is 236 Å². The third-order valence-electron chi connectivity index (χ3n) is 12.7. The Morgan fingerprint density at radius 1 is 0.493 bits per heavy atom. The van der Waals surface area contributed by atoms with Crippen LogP contribution in [-0.4, -0.2) is 73.4 Å². The van der Waals surface area contributed by atoms with E-state index in [9.17, 15) is 19.4 Å². The molecule has 0 aromatic carbocycles. The summed E-state index contributed by atoms with van der Waals surface area (Å²) in [6.45, 7) is 4.79. The smallest absolute Gasteiger partial charge is 0.387 e. The Morgan fingerprint density at radius 2 is 0.821 bits per heavy atom. The third kappa shape index (κ3) is 52.1. The van der Waals surface area contributed by atoms with Crippen molar-refractivity contribution >= 4 is 13.7 Å². The predicted molar refractivity (Wildman–Crippen MR) is 291 cm³/mol. The van der Waals surface area contributed by atoms with Crippen LogP contribution in [0.1, 0.15) is 264 Å². The Labute approximate surface area is 416 Å². The van der Waals surface area contributed by atoms with Crippen LogP contribution in [0.15, 0.2) is 48.6 Å². The first-order valence-corrected chi connectivity index (χ1v) is 30.0. The molecule has 0 aromatic heterocycles. The summed E-state index contributed by atoms with van der Waals surface area (Å²) in [4.78, 5) is 23.3. The molecule has 0 aliphatic carbocycles. The van der Waals surface area contributed by atoms with Gasteiger partial charge in [-0.2, -0.15) is 0 Å². The van der Waals surface area contributed by atoms with Gasteiger partial charge in [0.1, 0.15) is 13.2 Å². The highest BCUT2D eigenvalue weighted by molar-refractivity contribution is 7.47. The molecule has 3 atom stereocenters. The number of hydrogen-bond donors (Lipinski definition) is 3. The highest BCUT2D eigenvalue weighted by atomic mass is 31.2. The zero-order valence-corrected chi connectivity index (χ0v) is 45.8. The van der Waals surface area contributed by atoms with E-state index in [1.54, 1.807) is 6.08 Å². The maximum absolute atomic E-state index is 13.0. The van der Waals surface area contributed by atoms with E-state index in [2.05, 4.69) is 55.6 Å². The maximum atomic E-state index is 13.0. The van der Waals surface area contributed by atoms with Crippen molar-refractivity contribution < 1.29 is 32.9 Å². The molecular formula is C58H112N2O6P+. The van der Waals surface area contributed by atoms with Gasteiger partial charge in [-0.3, -0.25) is 13.8 Å². The van der Waals surface area contributed by atoms with Crippen molar-refractivity contribution in [2.24, 2.45) is 0 Å². The summed E-state index contributed by atoms with van der Waals surface area (Å²) in [5, 5.41) is 13.9. The van der Waals surface area contributed by atoms with Gasteiger partial charge in [-0.15, -0.1) is 0 Å². The number of amides is 1. The zero-order chi connectivity index (χ0) is 49.2. The van der Waals surface area contributed by atoms with Crippen LogP contribution in [0.2, 0.25) is 0 Å². The molecule has 0 bridgehead atoms. The number of quaternary nitrogens is 1. The van der Waals surface area contributed by atoms with Crippen molar-refractivity contribution in [1.29, 1.82) is 0 Å². The number of unbranched alkanes of at least 4 members (excludes halogenated alkanes) is 33. The molecule has 0 rings (SSSR count). The average molecular weight is 965 g/mol. The molecule has 9 heteroatoms. The van der Waals surface area contributed by atoms with Gasteiger partial charge in [0, 0.05) is 6.42 Å². The first-order valence-electron chi connectivity index (χ1n) is 28.5. The van der Waals surface area contributed by atoms with E-state index in [1.165, 1.54) is 199 Å². The molecule has 0 radical (unpaired) electrons. The number of rotatable bonds is 52. The molecule has 1 amide bonds. The highest BCUT2D eigenvalue weighted by Crippen LogP contribution is 2.43. The Hall–Kier alpha value is -1.54. The lowest BCUT2D eigenvalue weighted by atomic mass is 10.0. The van der Waals surface area contributed by atoms with E-state index in [-0.39, 0.29) is 19.1 Å². The zero-order valence-electron chi connectivity index (χ0n) is 44.9. The molecule has 0 spiro atoms. The van der Waals surface area contributed by atoms with Crippen LogP contribution in [0.4, 0.5) is 0 Å². The van der Waals surface area contributed by atoms with Crippen molar-refractivity contribution in [1.82, 2.24) is 5.32 Å². The molecule has 3 N–H and O–H groups in total. The molecule has 0 saturated heterocycles. The summed E-state index contributed by atoms with van der Waals surface area (Å²) in [7, 11) is 1.55. The molecule has 394 valence electrons. The van der Waals surface area contributed by atoms with E-state index < -0.39 is 20.0 Å². The fourth-order valence-corrected chi connectivity index (χ4v) is 8.98. The summed E-state index contributed by atoms with van der Waals surface area (Å²) in [6, 6.07) is -0.869. The molecule has 0 aliphatic rings. The number of allylic oxidation sites excluding steroid dienone is 7. The molecule has 0 saturated carbocycles. The first kappa shape index (κ1) is 65.5. The standard InChI is InChI=1S/C58H111N2O6P/c1-6-8-10-12-14-16-18-20-22-24-25-26-27-28-29-30-31-32-33-34-35-36-38-40-42-44-46-48-50-52-58(62)59-56(55-66-67(63,64)65-54-53-60(3,4)5)57(61)51-49-47-45-43-41-39-37-23-21-19-17-15-13-11-9-7-2/h21,23-25,41,43,49,51,56-57,61H,6-20,22,26-40,42,44-48,50,52-55H2,1-5H3,(H-,59,62,63,64)/p+1/b23-21+,25-24-,43-41+,51-49+. The second-order valence-electron chi connectivity index (χ2n) is 20.6. The van der Waals surface area contributed by atoms with Crippen molar-refractivity contribution in [3.8, 4) is 0 Å². The van der Waals surface area contributed by atoms with Gasteiger partial charge >= 0.3 is 7.82 Å². The van der Waals surface area contributed by atoms with E-state index in [4.69, 9.17) is 9.05 Å². The molecule has 0 aliphatic heterocycles. The topological polar surface area (TPSA) is 105 Å². The number of nitrogens with one attached hydrogen (secondary N) is 1. The second kappa shape index (κ2) is 49.4. The molecule has 67 heavy (non-hydrogen) atoms. The second-order valence-corrected chi connectivity index (χ2v) is 22.1. The first-order chi connectivity index (χ1) is 32.5. The molecule has 0 heterocycles. The van der Waals surface area contributed by atoms with Crippen LogP contribution in [0.25, 0.3) is 0 Å². The van der Waals surface area contributed by atoms with E-state index in [1.807, 2.05) is 27.2 Å². The van der Waals surface area contributed by atoms with Gasteiger partial charge in [0.2, 0.25) is 5.91 Å². The number of aliphatic hydroxyl groups excluding tert-OH is 1. The van der Waals surface area contributed by atoms with E-state index in [0.29, 0.717) is 17.4 Å². The van der Waals surface area contributed by atoms with Crippen LogP contribution in [-0.2, 0) is 18.4 Å². The van der Waals surface area contributed by atoms with E-state index >= 15 is 0 Å². The number of phosphoric ester groups is 1. The lowest BCUT2D eigenvalue weighted by Gasteiger charge is -2.25. The lowest BCUT2D eigenvalue weighted by molar-refractivity contribution is -0.870. The third-order valence-corrected chi connectivity index (χ3v) is 13.7. The minimum atomic E-state index is -4.36. The molecule has 0 aromatic rings. The number of likely N-dealkylation sites (N-methyl/N-ethyl adjacent to an activating group) is 1. The fraction of sp³-hybridized carbons (Fsp3) is 0.845. The monoisotopic (exact) mass is 964 g/mol. The Bertz CT molecular complexity index is 1230. The van der Waals surface area contributed by atoms with Crippen molar-refractivity contribution in [3.63, 3.8) is 0 Å². The average Bonchev–Trinajstić information content (AvgIpc) is 3.29. The minimum absolute atomic E-state index is 0.0538. The van der Waals surface area contributed by atoms with Gasteiger partial charge in [-0.25, -0.2) is 4.57 Å². The van der Waals surface area contributed by atoms with Gasteiger partial charge in [0.05, 0.1) is 39.9 Å². The lowest BCUT2D eigenvalue weighted by Crippen LogP contribution is -2.45. The van der Waals surface area contributed by atoms with E-state index in [0.717, 1.165) is 44.9 Å². The summed E-state index contributed by atoms with van der Waals surface area (Å²) in [5.41, 5.74) is 0. The normalized spacial score (nSPS) is 14.3. The van der Waals surface area contributed by atoms with Crippen LogP contribution in [0.3, 0.4) is 0 Å². The number of carbonyl (C=O) groups is 1. The van der Waals surface area contributed by atoms with Gasteiger partial charge in [0.25, 0.3) is 0 Å². The largest absolute Gasteiger partial charge is 0.472 e. The van der Waals surface area contributed by atoms with Crippen LogP contribution < -0.4 is 5.32 Å². The number of aliphatic hydroxyl groups is 1. The number of carbonyl (C=O) groups excluding carboxylic acids is 1. The van der Waals surface area contributed by atoms with Crippen LogP contribution >= 0.6 is 7.82 Å². The molecule has 3 unspecified atom stereocenters. The fourth-order valence-electron chi connectivity index (χ4n) is 8.25.